The fourth-order valence-corrected chi connectivity index (χ4v) is 1.93. The average Bonchev–Trinajstić information content (AvgIpc) is 2.57. The van der Waals surface area contributed by atoms with E-state index in [0.29, 0.717) is 32.1 Å². The number of nitrogens with one attached hydrogen (secondary N) is 3. The summed E-state index contributed by atoms with van der Waals surface area (Å²) < 4.78 is 42.3. The molecule has 6 nitrogen and oxygen atoms in total. The Hall–Kier alpha value is -1.56. The number of hydrogen-bond acceptors (Lipinski definition) is 3. The van der Waals surface area contributed by atoms with E-state index >= 15 is 0 Å². The predicted molar refractivity (Wildman–Crippen MR) is 105 cm³/mol. The van der Waals surface area contributed by atoms with Crippen molar-refractivity contribution in [1.29, 1.82) is 0 Å². The highest BCUT2D eigenvalue weighted by molar-refractivity contribution is 14.0. The standard InChI is InChI=1S/C16H23F3N4O2.HI/c1-20-15(23-11-14(24)21-9-10-25-2)22-8-7-12-3-5-13(6-4-12)16(17,18)19;/h3-6H,7-11H2,1-2H3,(H,21,24)(H2,20,22,23);1H. The number of methoxy groups -OCH3 is 1. The van der Waals surface area contributed by atoms with E-state index in [1.165, 1.54) is 12.1 Å². The topological polar surface area (TPSA) is 74.8 Å². The zero-order chi connectivity index (χ0) is 18.7. The Morgan fingerprint density at radius 2 is 1.77 bits per heavy atom. The highest BCUT2D eigenvalue weighted by Gasteiger charge is 2.29. The number of halogens is 4. The third-order valence-corrected chi connectivity index (χ3v) is 3.26. The van der Waals surface area contributed by atoms with Gasteiger partial charge in [0.15, 0.2) is 5.96 Å². The van der Waals surface area contributed by atoms with E-state index in [4.69, 9.17) is 4.74 Å². The van der Waals surface area contributed by atoms with Gasteiger partial charge in [-0.15, -0.1) is 24.0 Å². The van der Waals surface area contributed by atoms with Crippen LogP contribution in [0.1, 0.15) is 11.1 Å². The van der Waals surface area contributed by atoms with Gasteiger partial charge in [0.25, 0.3) is 0 Å². The first kappa shape index (κ1) is 24.4. The molecule has 0 unspecified atom stereocenters. The van der Waals surface area contributed by atoms with E-state index in [2.05, 4.69) is 20.9 Å². The number of carbonyl (C=O) groups excluding carboxylic acids is 1. The van der Waals surface area contributed by atoms with E-state index in [9.17, 15) is 18.0 Å². The fourth-order valence-electron chi connectivity index (χ4n) is 1.93. The van der Waals surface area contributed by atoms with Gasteiger partial charge in [-0.05, 0) is 24.1 Å². The lowest BCUT2D eigenvalue weighted by Crippen LogP contribution is -2.44. The molecule has 1 aromatic carbocycles. The summed E-state index contributed by atoms with van der Waals surface area (Å²) >= 11 is 0. The highest BCUT2D eigenvalue weighted by Crippen LogP contribution is 2.29. The Bertz CT molecular complexity index is 566. The lowest BCUT2D eigenvalue weighted by atomic mass is 10.1. The number of rotatable bonds is 8. The van der Waals surface area contributed by atoms with Crippen molar-refractivity contribution in [1.82, 2.24) is 16.0 Å². The van der Waals surface area contributed by atoms with Crippen LogP contribution in [0, 0.1) is 0 Å². The second-order valence-corrected chi connectivity index (χ2v) is 5.14. The van der Waals surface area contributed by atoms with Crippen molar-refractivity contribution in [2.45, 2.75) is 12.6 Å². The van der Waals surface area contributed by atoms with Gasteiger partial charge in [-0.2, -0.15) is 13.2 Å². The molecule has 0 aliphatic carbocycles. The molecule has 1 rings (SSSR count). The highest BCUT2D eigenvalue weighted by atomic mass is 127. The van der Waals surface area contributed by atoms with Gasteiger partial charge in [0, 0.05) is 27.2 Å². The van der Waals surface area contributed by atoms with Crippen LogP contribution in [0.15, 0.2) is 29.3 Å². The van der Waals surface area contributed by atoms with Crippen molar-refractivity contribution in [3.63, 3.8) is 0 Å². The van der Waals surface area contributed by atoms with Crippen molar-refractivity contribution in [3.8, 4) is 0 Å². The largest absolute Gasteiger partial charge is 0.416 e. The maximum absolute atomic E-state index is 12.5. The summed E-state index contributed by atoms with van der Waals surface area (Å²) in [4.78, 5) is 15.5. The maximum Gasteiger partial charge on any atom is 0.416 e. The van der Waals surface area contributed by atoms with Crippen molar-refractivity contribution in [3.05, 3.63) is 35.4 Å². The predicted octanol–water partition coefficient (Wildman–Crippen LogP) is 1.79. The van der Waals surface area contributed by atoms with E-state index in [1.54, 1.807) is 14.2 Å². The molecule has 0 bridgehead atoms. The van der Waals surface area contributed by atoms with Gasteiger partial charge in [-0.25, -0.2) is 0 Å². The summed E-state index contributed by atoms with van der Waals surface area (Å²) in [6, 6.07) is 5.02. The first-order chi connectivity index (χ1) is 11.9. The number of nitrogens with zero attached hydrogens (tertiary/aromatic N) is 1. The van der Waals surface area contributed by atoms with Crippen molar-refractivity contribution < 1.29 is 22.7 Å². The van der Waals surface area contributed by atoms with Crippen LogP contribution in [0.2, 0.25) is 0 Å². The van der Waals surface area contributed by atoms with Crippen LogP contribution in [-0.2, 0) is 22.1 Å². The van der Waals surface area contributed by atoms with Crippen LogP contribution < -0.4 is 16.0 Å². The molecule has 0 radical (unpaired) electrons. The molecule has 0 aromatic heterocycles. The lowest BCUT2D eigenvalue weighted by molar-refractivity contribution is -0.137. The van der Waals surface area contributed by atoms with Crippen LogP contribution in [0.25, 0.3) is 0 Å². The number of guanidine groups is 1. The Kier molecular flexibility index (Phi) is 12.0. The van der Waals surface area contributed by atoms with Crippen molar-refractivity contribution in [2.75, 3.05) is 40.4 Å². The lowest BCUT2D eigenvalue weighted by Gasteiger charge is -2.12. The zero-order valence-electron chi connectivity index (χ0n) is 14.7. The molecular weight excluding hydrogens is 464 g/mol. The SMILES string of the molecule is CN=C(NCCc1ccc(C(F)(F)F)cc1)NCC(=O)NCCOC.I. The van der Waals surface area contributed by atoms with Crippen LogP contribution in [0.4, 0.5) is 13.2 Å². The van der Waals surface area contributed by atoms with Crippen LogP contribution in [-0.4, -0.2) is 52.3 Å². The number of aliphatic imine (C=N–C) groups is 1. The third-order valence-electron chi connectivity index (χ3n) is 3.26. The molecule has 1 amide bonds. The van der Waals surface area contributed by atoms with Gasteiger partial charge >= 0.3 is 6.18 Å². The van der Waals surface area contributed by atoms with Gasteiger partial charge < -0.3 is 20.7 Å². The van der Waals surface area contributed by atoms with E-state index in [0.717, 1.165) is 17.7 Å². The molecule has 0 atom stereocenters. The second kappa shape index (κ2) is 12.7. The van der Waals surface area contributed by atoms with Gasteiger partial charge in [-0.3, -0.25) is 9.79 Å². The average molecular weight is 488 g/mol. The number of carbonyl (C=O) groups is 1. The molecule has 0 heterocycles. The first-order valence-electron chi connectivity index (χ1n) is 7.73. The summed E-state index contributed by atoms with van der Waals surface area (Å²) in [7, 11) is 3.11. The maximum atomic E-state index is 12.5. The van der Waals surface area contributed by atoms with Crippen molar-refractivity contribution in [2.24, 2.45) is 4.99 Å². The van der Waals surface area contributed by atoms with E-state index in [-0.39, 0.29) is 36.4 Å². The number of amides is 1. The summed E-state index contributed by atoms with van der Waals surface area (Å²) in [5.74, 6) is 0.247. The molecule has 10 heteroatoms. The molecular formula is C16H24F3IN4O2. The van der Waals surface area contributed by atoms with Crippen LogP contribution in [0.3, 0.4) is 0 Å². The number of ether oxygens (including phenoxy) is 1. The van der Waals surface area contributed by atoms with Crippen molar-refractivity contribution >= 4 is 35.8 Å². The third kappa shape index (κ3) is 9.80. The van der Waals surface area contributed by atoms with E-state index in [1.807, 2.05) is 0 Å². The minimum atomic E-state index is -4.33. The summed E-state index contributed by atoms with van der Waals surface area (Å²) in [5, 5.41) is 8.51. The smallest absolute Gasteiger partial charge is 0.383 e. The zero-order valence-corrected chi connectivity index (χ0v) is 17.0. The Labute approximate surface area is 168 Å². The van der Waals surface area contributed by atoms with Gasteiger partial charge in [0.1, 0.15) is 0 Å². The summed E-state index contributed by atoms with van der Waals surface area (Å²) in [6.45, 7) is 1.39. The molecule has 0 aliphatic rings. The van der Waals surface area contributed by atoms with E-state index < -0.39 is 11.7 Å². The molecule has 26 heavy (non-hydrogen) atoms. The molecule has 3 N–H and O–H groups in total. The van der Waals surface area contributed by atoms with Crippen LogP contribution >= 0.6 is 24.0 Å². The quantitative estimate of drug-likeness (QED) is 0.226. The molecule has 0 saturated heterocycles. The molecule has 0 saturated carbocycles. The second-order valence-electron chi connectivity index (χ2n) is 5.14. The normalized spacial score (nSPS) is 11.5. The molecule has 0 fully saturated rings. The summed E-state index contributed by atoms with van der Waals surface area (Å²) in [5.41, 5.74) is 0.106. The van der Waals surface area contributed by atoms with Gasteiger partial charge in [0.2, 0.25) is 5.91 Å². The Morgan fingerprint density at radius 1 is 1.12 bits per heavy atom. The van der Waals surface area contributed by atoms with Gasteiger partial charge in [-0.1, -0.05) is 12.1 Å². The first-order valence-corrected chi connectivity index (χ1v) is 7.73. The Morgan fingerprint density at radius 3 is 2.31 bits per heavy atom. The Balaban J connectivity index is 0.00000625. The monoisotopic (exact) mass is 488 g/mol. The minimum absolute atomic E-state index is 0. The number of alkyl halides is 3. The molecule has 0 spiro atoms. The van der Waals surface area contributed by atoms with Gasteiger partial charge in [0.05, 0.1) is 18.7 Å². The fraction of sp³-hybridized carbons (Fsp3) is 0.500. The molecule has 0 aliphatic heterocycles. The number of benzene rings is 1. The summed E-state index contributed by atoms with van der Waals surface area (Å²) in [6.07, 6.45) is -3.80. The van der Waals surface area contributed by atoms with Crippen LogP contribution in [0.5, 0.6) is 0 Å². The molecule has 148 valence electrons. The minimum Gasteiger partial charge on any atom is -0.383 e. The number of hydrogen-bond donors (Lipinski definition) is 3. The molecule has 1 aromatic rings.